The summed E-state index contributed by atoms with van der Waals surface area (Å²) < 4.78 is 16.8. The second kappa shape index (κ2) is 18.3. The zero-order chi connectivity index (χ0) is 2.71. The van der Waals surface area contributed by atoms with Gasteiger partial charge in [0.05, 0.1) is 0 Å². The monoisotopic (exact) mass is 218 g/mol. The quantitative estimate of drug-likeness (QED) is 0.459. The van der Waals surface area contributed by atoms with E-state index in [1.54, 1.807) is 0 Å². The van der Waals surface area contributed by atoms with Crippen LogP contribution in [0.25, 0.3) is 0 Å². The van der Waals surface area contributed by atoms with Gasteiger partial charge in [-0.25, -0.2) is 0 Å². The zero-order valence-corrected chi connectivity index (χ0v) is 7.96. The van der Waals surface area contributed by atoms with E-state index in [9.17, 15) is 0 Å². The molecule has 5 heteroatoms. The summed E-state index contributed by atoms with van der Waals surface area (Å²) in [5.74, 6) is 0. The normalized spacial score (nSPS) is 1.60. The molecule has 0 heterocycles. The maximum Gasteiger partial charge on any atom is 2.00 e. The van der Waals surface area contributed by atoms with Crippen molar-refractivity contribution in [1.29, 1.82) is 0 Å². The van der Waals surface area contributed by atoms with Gasteiger partial charge in [-0.15, -0.1) is 0 Å². The summed E-state index contributed by atoms with van der Waals surface area (Å²) in [6.07, 6.45) is 0. The minimum Gasteiger partial charge on any atom is -1.00 e. The Bertz CT molecular complexity index is 33.9. The van der Waals surface area contributed by atoms with Crippen molar-refractivity contribution >= 4 is 58.2 Å². The molecule has 0 radical (unpaired) electrons. The topological polar surface area (TPSA) is 65.6 Å². The van der Waals surface area contributed by atoms with Crippen LogP contribution >= 0.6 is 0 Å². The fourth-order valence-electron chi connectivity index (χ4n) is 0. The van der Waals surface area contributed by atoms with Crippen LogP contribution in [0.2, 0.25) is 0 Å². The van der Waals surface area contributed by atoms with Crippen molar-refractivity contribution in [3.8, 4) is 0 Å². The maximum absolute atomic E-state index is 8.40. The van der Waals surface area contributed by atoms with Crippen LogP contribution in [0.3, 0.4) is 0 Å². The van der Waals surface area contributed by atoms with Crippen LogP contribution < -0.4 is 0 Å². The van der Waals surface area contributed by atoms with Gasteiger partial charge < -0.3 is 8.33 Å². The third-order valence-electron chi connectivity index (χ3n) is 0. The molecule has 28 valence electrons. The van der Waals surface area contributed by atoms with Crippen molar-refractivity contribution < 1.29 is 17.3 Å². The largest absolute Gasteiger partial charge is 2.00 e. The van der Waals surface area contributed by atoms with Gasteiger partial charge in [0.2, 0.25) is 0 Å². The molecule has 0 rings (SSSR count). The van der Waals surface area contributed by atoms with Crippen molar-refractivity contribution in [2.24, 2.45) is 0 Å². The minimum atomic E-state index is -1.42. The second-order valence-electron chi connectivity index (χ2n) is 0.0833. The molecule has 0 bridgehead atoms. The average Bonchev–Trinajstić information content (AvgIpc) is 0.918. The zero-order valence-electron chi connectivity index (χ0n) is 4.52. The van der Waals surface area contributed by atoms with Crippen LogP contribution in [0.4, 0.5) is 0 Å². The molecule has 0 spiro atoms. The molecule has 0 unspecified atom stereocenters. The van der Waals surface area contributed by atoms with Crippen molar-refractivity contribution in [2.75, 3.05) is 0 Å². The Hall–Kier alpha value is 1.35. The van der Waals surface area contributed by atoms with Crippen LogP contribution in [0.5, 0.6) is 0 Å². The summed E-state index contributed by atoms with van der Waals surface area (Å²) in [5, 5.41) is 0. The number of rotatable bonds is 0. The predicted octanol–water partition coefficient (Wildman–Crippen LogP) is -1.60. The van der Waals surface area contributed by atoms with Crippen LogP contribution in [0.15, 0.2) is 0 Å². The minimum absolute atomic E-state index is 0. The van der Waals surface area contributed by atoms with Gasteiger partial charge in [0.1, 0.15) is 0 Å². The Kier molecular flexibility index (Phi) is 59.4. The first kappa shape index (κ1) is 16.2. The van der Waals surface area contributed by atoms with E-state index >= 15 is 0 Å². The third kappa shape index (κ3) is 33.0. The molecule has 0 saturated carbocycles. The first-order chi connectivity index (χ1) is 1.41. The fraction of sp³-hybridized carbons (Fsp3) is 0. The standard InChI is InChI=1S/Ba.O2Si.H2O.2H/c;1-3-2;;;/h;;1H2;;/q+2;;;2*-1. The Balaban J connectivity index is -0.00000000333. The Morgan fingerprint density at radius 1 is 1.40 bits per heavy atom. The van der Waals surface area contributed by atoms with Gasteiger partial charge in [-0.05, 0) is 0 Å². The molecule has 0 aliphatic heterocycles. The molecule has 2 N–H and O–H groups in total. The van der Waals surface area contributed by atoms with E-state index in [1.807, 2.05) is 0 Å². The first-order valence-electron chi connectivity index (χ1n) is 0.408. The van der Waals surface area contributed by atoms with E-state index in [4.69, 9.17) is 8.92 Å². The molecule has 0 aromatic carbocycles. The summed E-state index contributed by atoms with van der Waals surface area (Å²) in [6, 6.07) is 0. The van der Waals surface area contributed by atoms with E-state index in [0.29, 0.717) is 0 Å². The molecule has 5 heavy (non-hydrogen) atoms. The van der Waals surface area contributed by atoms with Crippen LogP contribution in [0, 0.1) is 0 Å². The average molecular weight is 217 g/mol. The third-order valence-corrected chi connectivity index (χ3v) is 0. The van der Waals surface area contributed by atoms with Gasteiger partial charge in [0, 0.05) is 0 Å². The van der Waals surface area contributed by atoms with E-state index in [-0.39, 0.29) is 57.2 Å². The van der Waals surface area contributed by atoms with E-state index in [1.165, 1.54) is 0 Å². The molecule has 0 aliphatic rings. The van der Waals surface area contributed by atoms with Crippen molar-refractivity contribution in [2.45, 2.75) is 0 Å². The number of hydrogen-bond acceptors (Lipinski definition) is 2. The van der Waals surface area contributed by atoms with E-state index in [2.05, 4.69) is 0 Å². The predicted molar refractivity (Wildman–Crippen MR) is 18.7 cm³/mol. The van der Waals surface area contributed by atoms with Crippen LogP contribution in [0.1, 0.15) is 2.85 Å². The molecule has 0 aliphatic carbocycles. The Morgan fingerprint density at radius 2 is 1.40 bits per heavy atom. The van der Waals surface area contributed by atoms with Crippen LogP contribution in [-0.4, -0.2) is 63.6 Å². The maximum atomic E-state index is 8.40. The molecule has 3 nitrogen and oxygen atoms in total. The second-order valence-corrected chi connectivity index (χ2v) is 0.250. The SMILES string of the molecule is O.O=[Si]=O.[Ba+2].[H-].[H-]. The van der Waals surface area contributed by atoms with Gasteiger partial charge in [-0.2, -0.15) is 0 Å². The molecule has 0 atom stereocenters. The van der Waals surface area contributed by atoms with E-state index in [0.717, 1.165) is 0 Å². The molecular formula is H4BaO3Si. The van der Waals surface area contributed by atoms with E-state index < -0.39 is 9.29 Å². The molecule has 0 fully saturated rings. The summed E-state index contributed by atoms with van der Waals surface area (Å²) >= 11 is 0. The molecule has 0 aromatic rings. The Morgan fingerprint density at radius 3 is 1.40 bits per heavy atom. The van der Waals surface area contributed by atoms with Crippen molar-refractivity contribution in [1.82, 2.24) is 0 Å². The van der Waals surface area contributed by atoms with Gasteiger partial charge >= 0.3 is 58.2 Å². The smallest absolute Gasteiger partial charge is 1.00 e. The van der Waals surface area contributed by atoms with Crippen molar-refractivity contribution in [3.05, 3.63) is 0 Å². The Labute approximate surface area is 74.4 Å². The van der Waals surface area contributed by atoms with Gasteiger partial charge in [0.15, 0.2) is 0 Å². The first-order valence-corrected chi connectivity index (χ1v) is 1.22. The van der Waals surface area contributed by atoms with Crippen LogP contribution in [-0.2, 0) is 8.92 Å². The van der Waals surface area contributed by atoms with Gasteiger partial charge in [-0.3, -0.25) is 8.92 Å². The molecule has 0 aromatic heterocycles. The number of hydrogen-bond donors (Lipinski definition) is 0. The van der Waals surface area contributed by atoms with Gasteiger partial charge in [-0.1, -0.05) is 0 Å². The molecular weight excluding hydrogens is 213 g/mol. The fourth-order valence-corrected chi connectivity index (χ4v) is 0. The van der Waals surface area contributed by atoms with Gasteiger partial charge in [0.25, 0.3) is 0 Å². The molecule has 0 amide bonds. The summed E-state index contributed by atoms with van der Waals surface area (Å²) in [7, 11) is -1.42. The summed E-state index contributed by atoms with van der Waals surface area (Å²) in [4.78, 5) is 0. The van der Waals surface area contributed by atoms with Crippen molar-refractivity contribution in [3.63, 3.8) is 0 Å². The summed E-state index contributed by atoms with van der Waals surface area (Å²) in [5.41, 5.74) is 0. The molecule has 0 saturated heterocycles. The summed E-state index contributed by atoms with van der Waals surface area (Å²) in [6.45, 7) is 0.